The molecule has 0 unspecified atom stereocenters. The molecule has 5 nitrogen and oxygen atoms in total. The van der Waals surface area contributed by atoms with Crippen LogP contribution in [-0.2, 0) is 16.1 Å². The Hall–Kier alpha value is -1.59. The van der Waals surface area contributed by atoms with Crippen LogP contribution in [0.5, 0.6) is 0 Å². The van der Waals surface area contributed by atoms with Crippen molar-refractivity contribution in [2.24, 2.45) is 0 Å². The first-order valence-corrected chi connectivity index (χ1v) is 5.92. The van der Waals surface area contributed by atoms with Gasteiger partial charge in [-0.15, -0.1) is 0 Å². The van der Waals surface area contributed by atoms with Crippen LogP contribution in [0.4, 0.5) is 0 Å². The van der Waals surface area contributed by atoms with Crippen LogP contribution in [0.2, 0.25) is 5.02 Å². The number of amides is 2. The minimum atomic E-state index is -0.158. The van der Waals surface area contributed by atoms with Crippen molar-refractivity contribution in [2.45, 2.75) is 6.54 Å². The molecule has 0 fully saturated rings. The molecule has 0 saturated heterocycles. The topological polar surface area (TPSA) is 70.2 Å². The summed E-state index contributed by atoms with van der Waals surface area (Å²) in [6.45, 7) is 0.684. The number of rotatable bonds is 6. The molecule has 0 saturated carbocycles. The quantitative estimate of drug-likeness (QED) is 0.695. The summed E-state index contributed by atoms with van der Waals surface area (Å²) in [5, 5.41) is 8.59. The van der Waals surface area contributed by atoms with Crippen molar-refractivity contribution in [3.8, 4) is 0 Å². The molecular weight excluding hydrogens is 254 g/mol. The number of halogens is 1. The zero-order chi connectivity index (χ0) is 13.4. The second-order valence-corrected chi connectivity index (χ2v) is 4.12. The third-order valence-electron chi connectivity index (χ3n) is 2.25. The van der Waals surface area contributed by atoms with Gasteiger partial charge in [-0.2, -0.15) is 0 Å². The fourth-order valence-electron chi connectivity index (χ4n) is 1.24. The predicted molar refractivity (Wildman–Crippen MR) is 70.2 cm³/mol. The van der Waals surface area contributed by atoms with Gasteiger partial charge >= 0.3 is 0 Å². The van der Waals surface area contributed by atoms with E-state index in [1.807, 2.05) is 12.1 Å². The zero-order valence-corrected chi connectivity index (χ0v) is 10.9. The molecule has 0 atom stereocenters. The first-order chi connectivity index (χ1) is 8.61. The molecule has 0 heterocycles. The lowest BCUT2D eigenvalue weighted by Gasteiger charge is -2.06. The normalized spacial score (nSPS) is 9.89. The molecule has 98 valence electrons. The summed E-state index contributed by atoms with van der Waals surface area (Å²) in [6, 6.07) is 7.24. The fraction of sp³-hybridized carbons (Fsp3) is 0.333. The highest BCUT2D eigenvalue weighted by Crippen LogP contribution is 2.08. The van der Waals surface area contributed by atoms with E-state index < -0.39 is 0 Å². The molecule has 1 aromatic rings. The Morgan fingerprint density at radius 3 is 2.33 bits per heavy atom. The summed E-state index contributed by atoms with van der Waals surface area (Å²) in [5.41, 5.74) is 0.971. The second kappa shape index (κ2) is 7.68. The summed E-state index contributed by atoms with van der Waals surface area (Å²) in [7, 11) is 1.55. The minimum absolute atomic E-state index is 0.112. The molecule has 18 heavy (non-hydrogen) atoms. The Morgan fingerprint density at radius 2 is 1.72 bits per heavy atom. The molecule has 0 aliphatic rings. The Balaban J connectivity index is 2.21. The van der Waals surface area contributed by atoms with Crippen LogP contribution in [0.3, 0.4) is 0 Å². The van der Waals surface area contributed by atoms with Crippen LogP contribution in [-0.4, -0.2) is 32.0 Å². The van der Waals surface area contributed by atoms with E-state index in [2.05, 4.69) is 16.0 Å². The van der Waals surface area contributed by atoms with Crippen molar-refractivity contribution in [1.29, 1.82) is 0 Å². The van der Waals surface area contributed by atoms with E-state index in [9.17, 15) is 9.59 Å². The molecule has 0 aliphatic heterocycles. The highest BCUT2D eigenvalue weighted by atomic mass is 35.5. The van der Waals surface area contributed by atoms with Gasteiger partial charge in [0.1, 0.15) is 0 Å². The van der Waals surface area contributed by atoms with Crippen LogP contribution < -0.4 is 16.0 Å². The van der Waals surface area contributed by atoms with Gasteiger partial charge in [0.25, 0.3) is 0 Å². The zero-order valence-electron chi connectivity index (χ0n) is 10.1. The number of carbonyl (C=O) groups excluding carboxylic acids is 2. The van der Waals surface area contributed by atoms with Gasteiger partial charge in [0.15, 0.2) is 0 Å². The second-order valence-electron chi connectivity index (χ2n) is 3.68. The van der Waals surface area contributed by atoms with Gasteiger partial charge in [-0.25, -0.2) is 0 Å². The molecule has 0 bridgehead atoms. The molecular formula is C12H16ClN3O2. The van der Waals surface area contributed by atoms with E-state index in [0.29, 0.717) is 11.6 Å². The maximum absolute atomic E-state index is 11.4. The Kier molecular flexibility index (Phi) is 6.18. The lowest BCUT2D eigenvalue weighted by atomic mass is 10.2. The number of nitrogens with one attached hydrogen (secondary N) is 3. The lowest BCUT2D eigenvalue weighted by Crippen LogP contribution is -2.38. The maximum Gasteiger partial charge on any atom is 0.234 e. The smallest absolute Gasteiger partial charge is 0.234 e. The molecule has 1 rings (SSSR count). The average molecular weight is 270 g/mol. The molecule has 2 amide bonds. The standard InChI is InChI=1S/C12H16ClN3O2/c1-14-11(17)7-15-8-12(18)16-6-9-2-4-10(13)5-3-9/h2-5,15H,6-8H2,1H3,(H,14,17)(H,16,18). The Morgan fingerprint density at radius 1 is 1.11 bits per heavy atom. The lowest BCUT2D eigenvalue weighted by molar-refractivity contribution is -0.121. The van der Waals surface area contributed by atoms with Crippen molar-refractivity contribution < 1.29 is 9.59 Å². The number of benzene rings is 1. The third-order valence-corrected chi connectivity index (χ3v) is 2.50. The van der Waals surface area contributed by atoms with Gasteiger partial charge in [-0.3, -0.25) is 14.9 Å². The van der Waals surface area contributed by atoms with Gasteiger partial charge in [0.2, 0.25) is 11.8 Å². The van der Waals surface area contributed by atoms with E-state index in [0.717, 1.165) is 5.56 Å². The van der Waals surface area contributed by atoms with E-state index in [1.54, 1.807) is 19.2 Å². The number of likely N-dealkylation sites (N-methyl/N-ethyl adjacent to an activating group) is 1. The van der Waals surface area contributed by atoms with Crippen molar-refractivity contribution in [2.75, 3.05) is 20.1 Å². The van der Waals surface area contributed by atoms with Gasteiger partial charge < -0.3 is 10.6 Å². The largest absolute Gasteiger partial charge is 0.358 e. The highest BCUT2D eigenvalue weighted by Gasteiger charge is 2.02. The summed E-state index contributed by atoms with van der Waals surface area (Å²) >= 11 is 5.75. The van der Waals surface area contributed by atoms with Crippen molar-refractivity contribution in [3.63, 3.8) is 0 Å². The Labute approximate surface area is 111 Å². The molecule has 0 radical (unpaired) electrons. The summed E-state index contributed by atoms with van der Waals surface area (Å²) in [5.74, 6) is -0.311. The number of hydrogen-bond acceptors (Lipinski definition) is 3. The molecule has 0 aliphatic carbocycles. The SMILES string of the molecule is CNC(=O)CNCC(=O)NCc1ccc(Cl)cc1. The fourth-order valence-corrected chi connectivity index (χ4v) is 1.37. The van der Waals surface area contributed by atoms with Crippen LogP contribution in [0.25, 0.3) is 0 Å². The first kappa shape index (κ1) is 14.5. The first-order valence-electron chi connectivity index (χ1n) is 5.54. The molecule has 1 aromatic carbocycles. The van der Waals surface area contributed by atoms with Gasteiger partial charge in [-0.1, -0.05) is 23.7 Å². The third kappa shape index (κ3) is 5.65. The van der Waals surface area contributed by atoms with E-state index >= 15 is 0 Å². The van der Waals surface area contributed by atoms with Crippen LogP contribution in [0.15, 0.2) is 24.3 Å². The van der Waals surface area contributed by atoms with Crippen LogP contribution in [0, 0.1) is 0 Å². The van der Waals surface area contributed by atoms with E-state index in [-0.39, 0.29) is 24.9 Å². The summed E-state index contributed by atoms with van der Waals surface area (Å²) < 4.78 is 0. The minimum Gasteiger partial charge on any atom is -0.358 e. The van der Waals surface area contributed by atoms with E-state index in [4.69, 9.17) is 11.6 Å². The monoisotopic (exact) mass is 269 g/mol. The predicted octanol–water partition coefficient (Wildman–Crippen LogP) is 0.292. The van der Waals surface area contributed by atoms with Crippen LogP contribution >= 0.6 is 11.6 Å². The van der Waals surface area contributed by atoms with Crippen molar-refractivity contribution in [1.82, 2.24) is 16.0 Å². The maximum atomic E-state index is 11.4. The number of hydrogen-bond donors (Lipinski definition) is 3. The average Bonchev–Trinajstić information content (AvgIpc) is 2.38. The van der Waals surface area contributed by atoms with Gasteiger partial charge in [-0.05, 0) is 17.7 Å². The highest BCUT2D eigenvalue weighted by molar-refractivity contribution is 6.30. The molecule has 3 N–H and O–H groups in total. The van der Waals surface area contributed by atoms with Gasteiger partial charge in [0.05, 0.1) is 13.1 Å². The molecule has 6 heteroatoms. The van der Waals surface area contributed by atoms with Crippen LogP contribution in [0.1, 0.15) is 5.56 Å². The van der Waals surface area contributed by atoms with Crippen molar-refractivity contribution >= 4 is 23.4 Å². The van der Waals surface area contributed by atoms with Crippen molar-refractivity contribution in [3.05, 3.63) is 34.9 Å². The summed E-state index contributed by atoms with van der Waals surface area (Å²) in [4.78, 5) is 22.3. The molecule has 0 spiro atoms. The van der Waals surface area contributed by atoms with Gasteiger partial charge in [0, 0.05) is 18.6 Å². The number of carbonyl (C=O) groups is 2. The molecule has 0 aromatic heterocycles. The summed E-state index contributed by atoms with van der Waals surface area (Å²) in [6.07, 6.45) is 0. The Bertz CT molecular complexity index is 406. The van der Waals surface area contributed by atoms with E-state index in [1.165, 1.54) is 0 Å².